The number of likely N-dealkylation sites (tertiary alicyclic amines) is 2. The van der Waals surface area contributed by atoms with Gasteiger partial charge in [-0.25, -0.2) is 0 Å². The van der Waals surface area contributed by atoms with Crippen molar-refractivity contribution in [3.05, 3.63) is 0 Å². The van der Waals surface area contributed by atoms with Gasteiger partial charge in [-0.3, -0.25) is 0 Å². The van der Waals surface area contributed by atoms with Gasteiger partial charge in [0.05, 0.1) is 0 Å². The molecule has 118 valence electrons. The summed E-state index contributed by atoms with van der Waals surface area (Å²) in [5.41, 5.74) is 0. The van der Waals surface area contributed by atoms with E-state index in [9.17, 15) is 0 Å². The van der Waals surface area contributed by atoms with E-state index in [1.807, 2.05) is 0 Å². The third kappa shape index (κ3) is 8.90. The van der Waals surface area contributed by atoms with Gasteiger partial charge >= 0.3 is 0 Å². The van der Waals surface area contributed by atoms with Crippen LogP contribution in [-0.4, -0.2) is 44.6 Å². The average Bonchev–Trinajstić information content (AvgIpc) is 2.39. The quantitative estimate of drug-likeness (QED) is 0.339. The third-order valence-corrected chi connectivity index (χ3v) is 4.86. The van der Waals surface area contributed by atoms with Crippen molar-refractivity contribution in [2.75, 3.05) is 26.2 Å². The van der Waals surface area contributed by atoms with Gasteiger partial charge in [-0.2, -0.15) is 0 Å². The first kappa shape index (κ1) is 21.8. The molecule has 2 aliphatic rings. The van der Waals surface area contributed by atoms with Crippen LogP contribution < -0.4 is 0 Å². The molecule has 0 spiro atoms. The zero-order valence-electron chi connectivity index (χ0n) is 13.0. The van der Waals surface area contributed by atoms with Crippen molar-refractivity contribution < 1.29 is 19.5 Å². The fourth-order valence-electron chi connectivity index (χ4n) is 2.71. The Morgan fingerprint density at radius 2 is 1.19 bits per heavy atom. The fourth-order valence-corrected chi connectivity index (χ4v) is 3.37. The molecule has 0 amide bonds. The standard InChI is InChI=1S/2C7H13NS2.Zn/c2*1-6-3-2-4-8(5-6)7(9)10;/h2*6H,2-5H2,1H3,(H,9,10);/p-2. The first-order chi connectivity index (χ1) is 9.40. The van der Waals surface area contributed by atoms with E-state index in [4.69, 9.17) is 49.7 Å². The van der Waals surface area contributed by atoms with E-state index in [1.54, 1.807) is 0 Å². The van der Waals surface area contributed by atoms with E-state index in [2.05, 4.69) is 23.6 Å². The molecule has 2 fully saturated rings. The number of nitrogens with zero attached hydrogens (tertiary/aromatic N) is 2. The minimum Gasteiger partial charge on any atom is -0.411 e. The van der Waals surface area contributed by atoms with E-state index in [0.717, 1.165) is 38.0 Å². The molecule has 2 heterocycles. The number of thiocarbonyl (C=S) groups is 2. The Bertz CT molecular complexity index is 309. The Hall–Kier alpha value is 0.843. The van der Waals surface area contributed by atoms with Gasteiger partial charge in [-0.1, -0.05) is 22.5 Å². The Morgan fingerprint density at radius 1 is 0.857 bits per heavy atom. The van der Waals surface area contributed by atoms with E-state index >= 15 is 0 Å². The van der Waals surface area contributed by atoms with Gasteiger partial charge in [-0.15, -0.1) is 0 Å². The van der Waals surface area contributed by atoms with Crippen LogP contribution in [0.2, 0.25) is 0 Å². The van der Waals surface area contributed by atoms with Crippen LogP contribution >= 0.6 is 24.4 Å². The third-order valence-electron chi connectivity index (χ3n) is 3.83. The average molecular weight is 414 g/mol. The molecular weight excluding hydrogens is 390 g/mol. The summed E-state index contributed by atoms with van der Waals surface area (Å²) in [6, 6.07) is 0. The minimum atomic E-state index is 0. The summed E-state index contributed by atoms with van der Waals surface area (Å²) in [6.45, 7) is 8.80. The molecule has 2 nitrogen and oxygen atoms in total. The molecular formula is C14H24N2S4Zn-2. The molecule has 21 heavy (non-hydrogen) atoms. The summed E-state index contributed by atoms with van der Waals surface area (Å²) in [7, 11) is 0. The van der Waals surface area contributed by atoms with Crippen LogP contribution in [0.5, 0.6) is 0 Å². The summed E-state index contributed by atoms with van der Waals surface area (Å²) in [6.07, 6.45) is 5.15. The van der Waals surface area contributed by atoms with Gasteiger partial charge in [0.1, 0.15) is 0 Å². The summed E-state index contributed by atoms with van der Waals surface area (Å²) in [5.74, 6) is 1.55. The van der Waals surface area contributed by atoms with Crippen LogP contribution in [0.1, 0.15) is 39.5 Å². The second-order valence-corrected chi connectivity index (χ2v) is 7.98. The van der Waals surface area contributed by atoms with Crippen molar-refractivity contribution in [1.29, 1.82) is 0 Å². The van der Waals surface area contributed by atoms with Gasteiger partial charge in [0.15, 0.2) is 0 Å². The Kier molecular flexibility index (Phi) is 11.8. The SMILES string of the molecule is CC1CCCN(C(=S)[S-])C1.CC1CCCN(C(=S)[S-])C1.[Zn]. The first-order valence-corrected chi connectivity index (χ1v) is 8.95. The minimum absolute atomic E-state index is 0. The largest absolute Gasteiger partial charge is 0.411 e. The van der Waals surface area contributed by atoms with Crippen molar-refractivity contribution in [3.8, 4) is 0 Å². The molecule has 2 aliphatic heterocycles. The van der Waals surface area contributed by atoms with Crippen molar-refractivity contribution in [1.82, 2.24) is 9.80 Å². The number of hydrogen-bond donors (Lipinski definition) is 0. The van der Waals surface area contributed by atoms with Gasteiger partial charge in [-0.05, 0) is 37.5 Å². The second kappa shape index (κ2) is 11.4. The maximum atomic E-state index is 4.91. The Balaban J connectivity index is 0.000000364. The Morgan fingerprint density at radius 3 is 1.38 bits per heavy atom. The summed E-state index contributed by atoms with van der Waals surface area (Å²) in [4.78, 5) is 4.25. The van der Waals surface area contributed by atoms with E-state index < -0.39 is 0 Å². The maximum absolute atomic E-state index is 4.91. The van der Waals surface area contributed by atoms with Crippen LogP contribution in [0.25, 0.3) is 0 Å². The molecule has 2 atom stereocenters. The van der Waals surface area contributed by atoms with Crippen molar-refractivity contribution >= 4 is 58.3 Å². The van der Waals surface area contributed by atoms with Crippen LogP contribution in [-0.2, 0) is 44.7 Å². The molecule has 0 N–H and O–H groups in total. The fraction of sp³-hybridized carbons (Fsp3) is 0.857. The topological polar surface area (TPSA) is 6.48 Å². The van der Waals surface area contributed by atoms with Crippen molar-refractivity contribution in [3.63, 3.8) is 0 Å². The zero-order valence-corrected chi connectivity index (χ0v) is 19.3. The van der Waals surface area contributed by atoms with Crippen LogP contribution in [0.15, 0.2) is 0 Å². The zero-order chi connectivity index (χ0) is 15.1. The van der Waals surface area contributed by atoms with E-state index in [-0.39, 0.29) is 19.5 Å². The normalized spacial score (nSPS) is 25.2. The molecule has 7 heteroatoms. The molecule has 0 aromatic heterocycles. The predicted octanol–water partition coefficient (Wildman–Crippen LogP) is 3.10. The molecule has 2 unspecified atom stereocenters. The van der Waals surface area contributed by atoms with Crippen LogP contribution in [0, 0.1) is 11.8 Å². The van der Waals surface area contributed by atoms with Crippen LogP contribution in [0.3, 0.4) is 0 Å². The number of piperidine rings is 2. The Labute approximate surface area is 164 Å². The van der Waals surface area contributed by atoms with Gasteiger partial charge in [0.25, 0.3) is 0 Å². The molecule has 0 aliphatic carbocycles. The molecule has 0 bridgehead atoms. The van der Waals surface area contributed by atoms with Crippen molar-refractivity contribution in [2.24, 2.45) is 11.8 Å². The van der Waals surface area contributed by atoms with Gasteiger partial charge < -0.3 is 59.5 Å². The van der Waals surface area contributed by atoms with Crippen LogP contribution in [0.4, 0.5) is 0 Å². The summed E-state index contributed by atoms with van der Waals surface area (Å²) < 4.78 is 1.29. The van der Waals surface area contributed by atoms with Gasteiger partial charge in [0.2, 0.25) is 0 Å². The summed E-state index contributed by atoms with van der Waals surface area (Å²) in [5, 5.41) is 0. The second-order valence-electron chi connectivity index (χ2n) is 5.92. The molecule has 0 saturated carbocycles. The van der Waals surface area contributed by atoms with E-state index in [1.165, 1.54) is 25.7 Å². The van der Waals surface area contributed by atoms with Gasteiger partial charge in [0, 0.05) is 45.7 Å². The molecule has 0 aromatic carbocycles. The smallest absolute Gasteiger partial charge is 0.0188 e. The van der Waals surface area contributed by atoms with Crippen molar-refractivity contribution in [2.45, 2.75) is 39.5 Å². The summed E-state index contributed by atoms with van der Waals surface area (Å²) >= 11 is 19.6. The monoisotopic (exact) mass is 412 g/mol. The number of hydrogen-bond acceptors (Lipinski definition) is 4. The first-order valence-electron chi connectivity index (χ1n) is 7.32. The predicted molar refractivity (Wildman–Crippen MR) is 99.9 cm³/mol. The molecule has 0 aromatic rings. The molecule has 2 saturated heterocycles. The molecule has 0 radical (unpaired) electrons. The van der Waals surface area contributed by atoms with E-state index in [0.29, 0.717) is 8.64 Å². The maximum Gasteiger partial charge on any atom is 0.0188 e. The number of rotatable bonds is 0. The molecule has 2 rings (SSSR count).